The fourth-order valence-corrected chi connectivity index (χ4v) is 3.05. The molecule has 7 heteroatoms. The van der Waals surface area contributed by atoms with Gasteiger partial charge in [0, 0.05) is 26.2 Å². The molecule has 0 atom stereocenters. The summed E-state index contributed by atoms with van der Waals surface area (Å²) in [6.07, 6.45) is 1.68. The number of aliphatic imine (C=N–C) groups is 1. The molecule has 25 heavy (non-hydrogen) atoms. The highest BCUT2D eigenvalue weighted by Crippen LogP contribution is 2.17. The molecule has 3 aromatic rings. The molecule has 0 unspecified atom stereocenters. The van der Waals surface area contributed by atoms with E-state index in [0.29, 0.717) is 12.4 Å². The molecule has 1 N–H and O–H groups in total. The molecule has 132 valence electrons. The first kappa shape index (κ1) is 19.5. The van der Waals surface area contributed by atoms with Crippen LogP contribution in [0.3, 0.4) is 0 Å². The maximum absolute atomic E-state index is 5.56. The minimum Gasteiger partial charge on any atom is -0.444 e. The third-order valence-corrected chi connectivity index (χ3v) is 4.31. The number of aromatic nitrogens is 1. The van der Waals surface area contributed by atoms with Crippen LogP contribution >= 0.6 is 35.3 Å². The van der Waals surface area contributed by atoms with Crippen LogP contribution in [0.4, 0.5) is 0 Å². The van der Waals surface area contributed by atoms with Crippen LogP contribution in [-0.2, 0) is 13.1 Å². The summed E-state index contributed by atoms with van der Waals surface area (Å²) in [5, 5.41) is 7.55. The molecule has 0 bridgehead atoms. The summed E-state index contributed by atoms with van der Waals surface area (Å²) >= 11 is 1.70. The third kappa shape index (κ3) is 5.30. The lowest BCUT2D eigenvalue weighted by atomic mass is 10.2. The Kier molecular flexibility index (Phi) is 7.45. The Labute approximate surface area is 168 Å². The number of nitrogens with zero attached hydrogens (tertiary/aromatic N) is 3. The predicted molar refractivity (Wildman–Crippen MR) is 113 cm³/mol. The zero-order valence-electron chi connectivity index (χ0n) is 14.2. The van der Waals surface area contributed by atoms with Crippen molar-refractivity contribution in [3.63, 3.8) is 0 Å². The van der Waals surface area contributed by atoms with Gasteiger partial charge in [-0.2, -0.15) is 11.3 Å². The standard InChI is InChI=1S/C18H20N4OS.HI/c1-19-18(22(2)11-14-8-9-24-13-14)20-10-16-12-23-17(21-16)15-6-4-3-5-7-15;/h3-9,12-13H,10-11H2,1-2H3,(H,19,20);1H. The Morgan fingerprint density at radius 1 is 1.28 bits per heavy atom. The van der Waals surface area contributed by atoms with Crippen LogP contribution in [-0.4, -0.2) is 29.9 Å². The van der Waals surface area contributed by atoms with Crippen molar-refractivity contribution in [2.45, 2.75) is 13.1 Å². The molecule has 0 aliphatic carbocycles. The topological polar surface area (TPSA) is 53.7 Å². The number of halogens is 1. The van der Waals surface area contributed by atoms with Crippen molar-refractivity contribution in [2.75, 3.05) is 14.1 Å². The van der Waals surface area contributed by atoms with Gasteiger partial charge >= 0.3 is 0 Å². The number of benzene rings is 1. The minimum atomic E-state index is 0. The van der Waals surface area contributed by atoms with Gasteiger partial charge in [0.15, 0.2) is 5.96 Å². The van der Waals surface area contributed by atoms with Crippen molar-refractivity contribution in [3.05, 3.63) is 64.7 Å². The van der Waals surface area contributed by atoms with E-state index in [1.54, 1.807) is 24.6 Å². The Morgan fingerprint density at radius 2 is 2.08 bits per heavy atom. The molecule has 1 aromatic carbocycles. The molecule has 0 saturated carbocycles. The number of thiophene rings is 1. The van der Waals surface area contributed by atoms with Crippen LogP contribution < -0.4 is 5.32 Å². The molecule has 0 aliphatic heterocycles. The second-order valence-corrected chi connectivity index (χ2v) is 6.18. The van der Waals surface area contributed by atoms with E-state index in [0.717, 1.165) is 23.8 Å². The van der Waals surface area contributed by atoms with E-state index in [9.17, 15) is 0 Å². The average Bonchev–Trinajstić information content (AvgIpc) is 3.28. The summed E-state index contributed by atoms with van der Waals surface area (Å²) in [6, 6.07) is 12.0. The molecule has 2 aromatic heterocycles. The van der Waals surface area contributed by atoms with Crippen LogP contribution in [0, 0.1) is 0 Å². The zero-order chi connectivity index (χ0) is 16.8. The maximum Gasteiger partial charge on any atom is 0.226 e. The van der Waals surface area contributed by atoms with Gasteiger partial charge in [-0.05, 0) is 34.5 Å². The van der Waals surface area contributed by atoms with Crippen LogP contribution in [0.5, 0.6) is 0 Å². The van der Waals surface area contributed by atoms with Gasteiger partial charge in [0.1, 0.15) is 6.26 Å². The molecule has 0 radical (unpaired) electrons. The summed E-state index contributed by atoms with van der Waals surface area (Å²) in [4.78, 5) is 10.9. The smallest absolute Gasteiger partial charge is 0.226 e. The highest BCUT2D eigenvalue weighted by Gasteiger charge is 2.10. The number of guanidine groups is 1. The lowest BCUT2D eigenvalue weighted by molar-refractivity contribution is 0.476. The van der Waals surface area contributed by atoms with Crippen LogP contribution in [0.1, 0.15) is 11.3 Å². The average molecular weight is 468 g/mol. The Balaban J connectivity index is 0.00000225. The predicted octanol–water partition coefficient (Wildman–Crippen LogP) is 4.23. The molecule has 0 aliphatic rings. The molecular weight excluding hydrogens is 447 g/mol. The number of hydrogen-bond donors (Lipinski definition) is 1. The normalized spacial score (nSPS) is 11.0. The highest BCUT2D eigenvalue weighted by atomic mass is 127. The lowest BCUT2D eigenvalue weighted by Crippen LogP contribution is -2.38. The maximum atomic E-state index is 5.56. The van der Waals surface area contributed by atoms with Gasteiger partial charge in [0.25, 0.3) is 0 Å². The van der Waals surface area contributed by atoms with Gasteiger partial charge in [-0.1, -0.05) is 18.2 Å². The summed E-state index contributed by atoms with van der Waals surface area (Å²) < 4.78 is 5.56. The van der Waals surface area contributed by atoms with E-state index in [4.69, 9.17) is 4.42 Å². The van der Waals surface area contributed by atoms with Gasteiger partial charge < -0.3 is 14.6 Å². The summed E-state index contributed by atoms with van der Waals surface area (Å²) in [5.74, 6) is 1.46. The molecule has 0 fully saturated rings. The van der Waals surface area contributed by atoms with Gasteiger partial charge in [0.2, 0.25) is 5.89 Å². The third-order valence-electron chi connectivity index (χ3n) is 3.57. The fraction of sp³-hybridized carbons (Fsp3) is 0.222. The van der Waals surface area contributed by atoms with Crippen molar-refractivity contribution in [3.8, 4) is 11.5 Å². The Bertz CT molecular complexity index is 787. The Morgan fingerprint density at radius 3 is 2.76 bits per heavy atom. The quantitative estimate of drug-likeness (QED) is 0.346. The SMILES string of the molecule is CN=C(NCc1coc(-c2ccccc2)n1)N(C)Cc1ccsc1.I. The van der Waals surface area contributed by atoms with E-state index < -0.39 is 0 Å². The number of rotatable bonds is 5. The minimum absolute atomic E-state index is 0. The first-order valence-corrected chi connectivity index (χ1v) is 8.63. The number of hydrogen-bond acceptors (Lipinski definition) is 4. The summed E-state index contributed by atoms with van der Waals surface area (Å²) in [7, 11) is 3.80. The molecule has 0 spiro atoms. The monoisotopic (exact) mass is 468 g/mol. The van der Waals surface area contributed by atoms with Crippen molar-refractivity contribution in [1.29, 1.82) is 0 Å². The fourth-order valence-electron chi connectivity index (χ4n) is 2.39. The van der Waals surface area contributed by atoms with Crippen LogP contribution in [0.2, 0.25) is 0 Å². The largest absolute Gasteiger partial charge is 0.444 e. The van der Waals surface area contributed by atoms with Crippen molar-refractivity contribution >= 4 is 41.3 Å². The molecular formula is C18H21IN4OS. The summed E-state index contributed by atoms with van der Waals surface area (Å²) in [5.41, 5.74) is 3.10. The Hall–Kier alpha value is -1.87. The molecule has 0 amide bonds. The van der Waals surface area contributed by atoms with Gasteiger partial charge in [0.05, 0.1) is 12.2 Å². The van der Waals surface area contributed by atoms with Crippen LogP contribution in [0.25, 0.3) is 11.5 Å². The number of oxazole rings is 1. The van der Waals surface area contributed by atoms with E-state index in [2.05, 4.69) is 37.0 Å². The van der Waals surface area contributed by atoms with Gasteiger partial charge in [-0.3, -0.25) is 4.99 Å². The number of nitrogens with one attached hydrogen (secondary N) is 1. The molecule has 0 saturated heterocycles. The van der Waals surface area contributed by atoms with E-state index in [1.807, 2.05) is 37.4 Å². The lowest BCUT2D eigenvalue weighted by Gasteiger charge is -2.21. The highest BCUT2D eigenvalue weighted by molar-refractivity contribution is 14.0. The second-order valence-electron chi connectivity index (χ2n) is 5.40. The second kappa shape index (κ2) is 9.57. The van der Waals surface area contributed by atoms with Crippen molar-refractivity contribution in [1.82, 2.24) is 15.2 Å². The van der Waals surface area contributed by atoms with Gasteiger partial charge in [-0.25, -0.2) is 4.98 Å². The van der Waals surface area contributed by atoms with Crippen LogP contribution in [0.15, 0.2) is 62.8 Å². The van der Waals surface area contributed by atoms with Gasteiger partial charge in [-0.15, -0.1) is 24.0 Å². The molecule has 5 nitrogen and oxygen atoms in total. The van der Waals surface area contributed by atoms with Crippen molar-refractivity contribution in [2.24, 2.45) is 4.99 Å². The van der Waals surface area contributed by atoms with E-state index in [1.165, 1.54) is 5.56 Å². The van der Waals surface area contributed by atoms with Crippen molar-refractivity contribution < 1.29 is 4.42 Å². The molecule has 3 rings (SSSR count). The van der Waals surface area contributed by atoms with E-state index in [-0.39, 0.29) is 24.0 Å². The first-order chi connectivity index (χ1) is 11.8. The van der Waals surface area contributed by atoms with E-state index >= 15 is 0 Å². The molecule has 2 heterocycles. The summed E-state index contributed by atoms with van der Waals surface area (Å²) in [6.45, 7) is 1.38. The zero-order valence-corrected chi connectivity index (χ0v) is 17.3. The first-order valence-electron chi connectivity index (χ1n) is 7.69.